The highest BCUT2D eigenvalue weighted by atomic mass is 16.2. The third-order valence-electron chi connectivity index (χ3n) is 2.66. The number of rotatable bonds is 1. The van der Waals surface area contributed by atoms with Crippen LogP contribution in [0.15, 0.2) is 18.2 Å². The van der Waals surface area contributed by atoms with Crippen molar-refractivity contribution in [3.05, 3.63) is 23.8 Å². The van der Waals surface area contributed by atoms with Crippen molar-refractivity contribution in [2.75, 3.05) is 23.8 Å². The van der Waals surface area contributed by atoms with Gasteiger partial charge in [0.2, 0.25) is 5.91 Å². The molecule has 3 nitrogen and oxygen atoms in total. The van der Waals surface area contributed by atoms with Gasteiger partial charge in [-0.3, -0.25) is 4.79 Å². The minimum atomic E-state index is 0.116. The lowest BCUT2D eigenvalue weighted by Crippen LogP contribution is -2.37. The molecule has 14 heavy (non-hydrogen) atoms. The van der Waals surface area contributed by atoms with E-state index in [0.717, 1.165) is 17.8 Å². The number of hydrogen-bond acceptors (Lipinski definition) is 2. The third-order valence-corrected chi connectivity index (χ3v) is 2.66. The largest absolute Gasteiger partial charge is 0.374 e. The Balaban J connectivity index is 2.52. The number of fused-ring (bicyclic) bond motifs is 1. The molecule has 0 bridgehead atoms. The number of anilines is 2. The molecular formula is C11H14N2O. The summed E-state index contributed by atoms with van der Waals surface area (Å²) in [4.78, 5) is 13.1. The number of amides is 1. The van der Waals surface area contributed by atoms with Crippen molar-refractivity contribution < 1.29 is 4.79 Å². The lowest BCUT2D eigenvalue weighted by atomic mass is 10.1. The number of nitrogens with one attached hydrogen (secondary N) is 1. The molecule has 0 saturated carbocycles. The van der Waals surface area contributed by atoms with Gasteiger partial charge in [-0.2, -0.15) is 0 Å². The van der Waals surface area contributed by atoms with Crippen LogP contribution >= 0.6 is 0 Å². The Hall–Kier alpha value is -1.51. The quantitative estimate of drug-likeness (QED) is 0.730. The maximum absolute atomic E-state index is 11.4. The van der Waals surface area contributed by atoms with E-state index in [1.165, 1.54) is 5.56 Å². The molecule has 0 aliphatic carbocycles. The Kier molecular flexibility index (Phi) is 2.15. The lowest BCUT2D eigenvalue weighted by molar-refractivity contribution is -0.116. The molecule has 0 aromatic heterocycles. The molecule has 1 heterocycles. The smallest absolute Gasteiger partial charge is 0.246 e. The number of aryl methyl sites for hydroxylation is 1. The molecule has 1 aromatic carbocycles. The van der Waals surface area contributed by atoms with Gasteiger partial charge in [0.05, 0.1) is 17.9 Å². The van der Waals surface area contributed by atoms with E-state index < -0.39 is 0 Å². The maximum atomic E-state index is 11.4. The van der Waals surface area contributed by atoms with Crippen LogP contribution in [-0.4, -0.2) is 19.5 Å². The predicted octanol–water partition coefficient (Wildman–Crippen LogP) is 1.64. The van der Waals surface area contributed by atoms with Crippen LogP contribution in [-0.2, 0) is 11.2 Å². The summed E-state index contributed by atoms with van der Waals surface area (Å²) >= 11 is 0. The van der Waals surface area contributed by atoms with E-state index in [-0.39, 0.29) is 5.91 Å². The average Bonchev–Trinajstić information content (AvgIpc) is 2.23. The number of likely N-dealkylation sites (N-methyl/N-ethyl adjacent to an activating group) is 1. The molecule has 74 valence electrons. The molecule has 0 radical (unpaired) electrons. The van der Waals surface area contributed by atoms with Gasteiger partial charge in [0.25, 0.3) is 0 Å². The van der Waals surface area contributed by atoms with Gasteiger partial charge in [-0.15, -0.1) is 0 Å². The topological polar surface area (TPSA) is 32.3 Å². The SMILES string of the molecule is CCc1cccc2c1NCC(=O)N2C. The molecule has 0 atom stereocenters. The highest BCUT2D eigenvalue weighted by Crippen LogP contribution is 2.31. The van der Waals surface area contributed by atoms with Gasteiger partial charge in [-0.25, -0.2) is 0 Å². The van der Waals surface area contributed by atoms with E-state index in [1.807, 2.05) is 19.2 Å². The van der Waals surface area contributed by atoms with Crippen LogP contribution < -0.4 is 10.2 Å². The van der Waals surface area contributed by atoms with Crippen LogP contribution in [0.3, 0.4) is 0 Å². The first kappa shape index (κ1) is 9.06. The highest BCUT2D eigenvalue weighted by Gasteiger charge is 2.21. The van der Waals surface area contributed by atoms with Crippen LogP contribution in [0.5, 0.6) is 0 Å². The maximum Gasteiger partial charge on any atom is 0.246 e. The van der Waals surface area contributed by atoms with Crippen molar-refractivity contribution in [3.8, 4) is 0 Å². The van der Waals surface area contributed by atoms with Gasteiger partial charge < -0.3 is 10.2 Å². The zero-order valence-corrected chi connectivity index (χ0v) is 8.50. The molecule has 3 heteroatoms. The molecule has 1 aromatic rings. The summed E-state index contributed by atoms with van der Waals surface area (Å²) in [6, 6.07) is 6.06. The zero-order chi connectivity index (χ0) is 10.1. The number of para-hydroxylation sites is 1. The molecule has 1 N–H and O–H groups in total. The summed E-state index contributed by atoms with van der Waals surface area (Å²) in [5.41, 5.74) is 3.36. The van der Waals surface area contributed by atoms with Gasteiger partial charge in [0.15, 0.2) is 0 Å². The van der Waals surface area contributed by atoms with Crippen molar-refractivity contribution in [3.63, 3.8) is 0 Å². The second-order valence-electron chi connectivity index (χ2n) is 3.47. The first-order chi connectivity index (χ1) is 6.74. The second kappa shape index (κ2) is 3.33. The summed E-state index contributed by atoms with van der Waals surface area (Å²) < 4.78 is 0. The molecule has 0 fully saturated rings. The molecule has 0 unspecified atom stereocenters. The Bertz CT molecular complexity index is 374. The first-order valence-electron chi connectivity index (χ1n) is 4.86. The normalized spacial score (nSPS) is 15.0. The minimum Gasteiger partial charge on any atom is -0.374 e. The molecule has 2 rings (SSSR count). The minimum absolute atomic E-state index is 0.116. The van der Waals surface area contributed by atoms with Crippen molar-refractivity contribution in [2.45, 2.75) is 13.3 Å². The molecule has 0 saturated heterocycles. The summed E-state index contributed by atoms with van der Waals surface area (Å²) in [6.45, 7) is 2.52. The molecular weight excluding hydrogens is 176 g/mol. The van der Waals surface area contributed by atoms with Crippen LogP contribution in [0.25, 0.3) is 0 Å². The van der Waals surface area contributed by atoms with Crippen LogP contribution in [0.1, 0.15) is 12.5 Å². The predicted molar refractivity (Wildman–Crippen MR) is 57.7 cm³/mol. The Morgan fingerprint density at radius 1 is 1.50 bits per heavy atom. The van der Waals surface area contributed by atoms with Gasteiger partial charge >= 0.3 is 0 Å². The van der Waals surface area contributed by atoms with E-state index in [9.17, 15) is 4.79 Å². The first-order valence-corrected chi connectivity index (χ1v) is 4.86. The van der Waals surface area contributed by atoms with Crippen molar-refractivity contribution in [1.29, 1.82) is 0 Å². The fourth-order valence-corrected chi connectivity index (χ4v) is 1.78. The molecule has 0 spiro atoms. The van der Waals surface area contributed by atoms with Gasteiger partial charge in [-0.05, 0) is 18.1 Å². The Morgan fingerprint density at radius 2 is 2.29 bits per heavy atom. The van der Waals surface area contributed by atoms with E-state index in [1.54, 1.807) is 4.90 Å². The van der Waals surface area contributed by atoms with E-state index in [0.29, 0.717) is 6.54 Å². The Morgan fingerprint density at radius 3 is 3.00 bits per heavy atom. The van der Waals surface area contributed by atoms with Crippen LogP contribution in [0.2, 0.25) is 0 Å². The van der Waals surface area contributed by atoms with Gasteiger partial charge in [0.1, 0.15) is 0 Å². The number of benzene rings is 1. The fourth-order valence-electron chi connectivity index (χ4n) is 1.78. The van der Waals surface area contributed by atoms with Gasteiger partial charge in [0, 0.05) is 7.05 Å². The van der Waals surface area contributed by atoms with Crippen LogP contribution in [0.4, 0.5) is 11.4 Å². The molecule has 1 aliphatic heterocycles. The summed E-state index contributed by atoms with van der Waals surface area (Å²) in [5.74, 6) is 0.116. The summed E-state index contributed by atoms with van der Waals surface area (Å²) in [5, 5.41) is 3.17. The Labute approximate surface area is 83.7 Å². The highest BCUT2D eigenvalue weighted by molar-refractivity contribution is 6.02. The zero-order valence-electron chi connectivity index (χ0n) is 8.50. The van der Waals surface area contributed by atoms with E-state index >= 15 is 0 Å². The number of hydrogen-bond donors (Lipinski definition) is 1. The second-order valence-corrected chi connectivity index (χ2v) is 3.47. The summed E-state index contributed by atoms with van der Waals surface area (Å²) in [7, 11) is 1.82. The average molecular weight is 190 g/mol. The fraction of sp³-hybridized carbons (Fsp3) is 0.364. The molecule has 1 amide bonds. The van der Waals surface area contributed by atoms with E-state index in [2.05, 4.69) is 18.3 Å². The van der Waals surface area contributed by atoms with Crippen molar-refractivity contribution in [1.82, 2.24) is 0 Å². The van der Waals surface area contributed by atoms with Crippen LogP contribution in [0, 0.1) is 0 Å². The van der Waals surface area contributed by atoms with Crippen molar-refractivity contribution in [2.24, 2.45) is 0 Å². The molecule has 1 aliphatic rings. The van der Waals surface area contributed by atoms with Crippen molar-refractivity contribution >= 4 is 17.3 Å². The van der Waals surface area contributed by atoms with E-state index in [4.69, 9.17) is 0 Å². The number of carbonyl (C=O) groups excluding carboxylic acids is 1. The number of carbonyl (C=O) groups is 1. The summed E-state index contributed by atoms with van der Waals surface area (Å²) in [6.07, 6.45) is 0.984. The standard InChI is InChI=1S/C11H14N2O/c1-3-8-5-4-6-9-11(8)12-7-10(14)13(9)2/h4-6,12H,3,7H2,1-2H3. The number of nitrogens with zero attached hydrogens (tertiary/aromatic N) is 1. The monoisotopic (exact) mass is 190 g/mol. The van der Waals surface area contributed by atoms with Gasteiger partial charge in [-0.1, -0.05) is 19.1 Å². The third kappa shape index (κ3) is 1.25. The lowest BCUT2D eigenvalue weighted by Gasteiger charge is -2.28.